The molecule has 96 valence electrons. The summed E-state index contributed by atoms with van der Waals surface area (Å²) in [7, 11) is 0. The average molecular weight is 252 g/mol. The molecule has 2 nitrogen and oxygen atoms in total. The Hall–Kier alpha value is -1.30. The Kier molecular flexibility index (Phi) is 3.66. The van der Waals surface area contributed by atoms with E-state index in [0.29, 0.717) is 13.0 Å². The van der Waals surface area contributed by atoms with Gasteiger partial charge in [-0.25, -0.2) is 4.39 Å². The smallest absolute Gasteiger partial charge is 0.421 e. The van der Waals surface area contributed by atoms with Crippen LogP contribution in [0.15, 0.2) is 18.2 Å². The number of hydrogen-bond donors (Lipinski definition) is 1. The van der Waals surface area contributed by atoms with Crippen LogP contribution in [0.1, 0.15) is 19.4 Å². The fourth-order valence-corrected chi connectivity index (χ4v) is 1.32. The van der Waals surface area contributed by atoms with Crippen molar-refractivity contribution in [3.05, 3.63) is 29.6 Å². The minimum Gasteiger partial charge on any atom is -0.493 e. The first-order valence-corrected chi connectivity index (χ1v) is 4.92. The van der Waals surface area contributed by atoms with Crippen LogP contribution in [0.5, 0.6) is 5.75 Å². The molecule has 17 heavy (non-hydrogen) atoms. The van der Waals surface area contributed by atoms with Gasteiger partial charge in [-0.1, -0.05) is 0 Å². The molecule has 1 atom stereocenters. The van der Waals surface area contributed by atoms with Crippen LogP contribution in [-0.2, 0) is 5.60 Å². The predicted octanol–water partition coefficient (Wildman–Crippen LogP) is 2.99. The average Bonchev–Trinajstić information content (AvgIpc) is 2.19. The van der Waals surface area contributed by atoms with Gasteiger partial charge in [0.2, 0.25) is 0 Å². The van der Waals surface area contributed by atoms with Gasteiger partial charge < -0.3 is 9.84 Å². The summed E-state index contributed by atoms with van der Waals surface area (Å²) in [5, 5.41) is 9.48. The van der Waals surface area contributed by atoms with E-state index in [9.17, 15) is 22.7 Å². The fraction of sp³-hybridized carbons (Fsp3) is 0.455. The molecule has 0 spiro atoms. The largest absolute Gasteiger partial charge is 0.493 e. The van der Waals surface area contributed by atoms with E-state index in [0.717, 1.165) is 12.1 Å². The van der Waals surface area contributed by atoms with Gasteiger partial charge in [0, 0.05) is 5.56 Å². The van der Waals surface area contributed by atoms with Crippen LogP contribution >= 0.6 is 0 Å². The van der Waals surface area contributed by atoms with E-state index in [2.05, 4.69) is 0 Å². The molecule has 0 radical (unpaired) electrons. The topological polar surface area (TPSA) is 29.5 Å². The second kappa shape index (κ2) is 4.52. The van der Waals surface area contributed by atoms with Crippen LogP contribution in [0.3, 0.4) is 0 Å². The van der Waals surface area contributed by atoms with Crippen LogP contribution in [0.25, 0.3) is 0 Å². The van der Waals surface area contributed by atoms with Crippen molar-refractivity contribution >= 4 is 0 Å². The fourth-order valence-electron chi connectivity index (χ4n) is 1.32. The first kappa shape index (κ1) is 13.8. The zero-order valence-electron chi connectivity index (χ0n) is 9.31. The number of hydrogen-bond acceptors (Lipinski definition) is 2. The molecule has 0 aliphatic rings. The summed E-state index contributed by atoms with van der Waals surface area (Å²) >= 11 is 0. The molecule has 0 amide bonds. The van der Waals surface area contributed by atoms with E-state index in [1.54, 1.807) is 6.92 Å². The van der Waals surface area contributed by atoms with Crippen molar-refractivity contribution in [1.29, 1.82) is 0 Å². The van der Waals surface area contributed by atoms with E-state index in [1.807, 2.05) is 0 Å². The van der Waals surface area contributed by atoms with E-state index in [4.69, 9.17) is 4.74 Å². The molecule has 6 heteroatoms. The van der Waals surface area contributed by atoms with Crippen molar-refractivity contribution in [2.75, 3.05) is 6.61 Å². The number of benzene rings is 1. The van der Waals surface area contributed by atoms with Gasteiger partial charge >= 0.3 is 6.18 Å². The molecule has 0 heterocycles. The normalized spacial score (nSPS) is 15.5. The Bertz CT molecular complexity index is 399. The SMILES string of the molecule is CCOc1ccc(F)cc1C(C)(O)C(F)(F)F. The highest BCUT2D eigenvalue weighted by molar-refractivity contribution is 5.39. The van der Waals surface area contributed by atoms with Crippen molar-refractivity contribution in [2.45, 2.75) is 25.6 Å². The summed E-state index contributed by atoms with van der Waals surface area (Å²) < 4.78 is 55.8. The third-order valence-corrected chi connectivity index (χ3v) is 2.32. The lowest BCUT2D eigenvalue weighted by Crippen LogP contribution is -2.39. The quantitative estimate of drug-likeness (QED) is 0.838. The molecule has 1 unspecified atom stereocenters. The van der Waals surface area contributed by atoms with Gasteiger partial charge in [-0.05, 0) is 32.0 Å². The second-order valence-electron chi connectivity index (χ2n) is 3.64. The van der Waals surface area contributed by atoms with Crippen molar-refractivity contribution < 1.29 is 27.4 Å². The predicted molar refractivity (Wildman–Crippen MR) is 53.2 cm³/mol. The summed E-state index contributed by atoms with van der Waals surface area (Å²) in [4.78, 5) is 0. The minimum atomic E-state index is -4.91. The number of halogens is 4. The summed E-state index contributed by atoms with van der Waals surface area (Å²) in [5.41, 5.74) is -3.79. The van der Waals surface area contributed by atoms with Gasteiger partial charge in [0.15, 0.2) is 5.60 Å². The first-order valence-electron chi connectivity index (χ1n) is 4.92. The van der Waals surface area contributed by atoms with Crippen LogP contribution in [0.2, 0.25) is 0 Å². The van der Waals surface area contributed by atoms with Crippen LogP contribution in [-0.4, -0.2) is 17.9 Å². The lowest BCUT2D eigenvalue weighted by atomic mass is 9.94. The van der Waals surface area contributed by atoms with Crippen molar-refractivity contribution in [3.63, 3.8) is 0 Å². The van der Waals surface area contributed by atoms with Gasteiger partial charge in [0.25, 0.3) is 0 Å². The molecule has 1 aromatic carbocycles. The Labute approximate surface area is 95.8 Å². The highest BCUT2D eigenvalue weighted by Crippen LogP contribution is 2.42. The molecule has 1 rings (SSSR count). The molecule has 1 aromatic rings. The van der Waals surface area contributed by atoms with Crippen LogP contribution < -0.4 is 4.74 Å². The van der Waals surface area contributed by atoms with Gasteiger partial charge in [-0.3, -0.25) is 0 Å². The van der Waals surface area contributed by atoms with Gasteiger partial charge in [-0.15, -0.1) is 0 Å². The highest BCUT2D eigenvalue weighted by Gasteiger charge is 2.52. The number of aliphatic hydroxyl groups is 1. The molecule has 0 fully saturated rings. The standard InChI is InChI=1S/C11H12F4O2/c1-3-17-9-5-4-7(12)6-8(9)10(2,16)11(13,14)15/h4-6,16H,3H2,1-2H3. The molecular weight excluding hydrogens is 240 g/mol. The van der Waals surface area contributed by atoms with E-state index in [1.165, 1.54) is 0 Å². The second-order valence-corrected chi connectivity index (χ2v) is 3.64. The lowest BCUT2D eigenvalue weighted by Gasteiger charge is -2.28. The van der Waals surface area contributed by atoms with E-state index >= 15 is 0 Å². The van der Waals surface area contributed by atoms with E-state index < -0.39 is 23.2 Å². The lowest BCUT2D eigenvalue weighted by molar-refractivity contribution is -0.259. The van der Waals surface area contributed by atoms with Crippen molar-refractivity contribution in [2.24, 2.45) is 0 Å². The van der Waals surface area contributed by atoms with Gasteiger partial charge in [0.1, 0.15) is 11.6 Å². The van der Waals surface area contributed by atoms with Crippen LogP contribution in [0.4, 0.5) is 17.6 Å². The molecule has 0 saturated heterocycles. The van der Waals surface area contributed by atoms with Crippen molar-refractivity contribution in [3.8, 4) is 5.75 Å². The minimum absolute atomic E-state index is 0.118. The highest BCUT2D eigenvalue weighted by atomic mass is 19.4. The third kappa shape index (κ3) is 2.69. The molecule has 0 aliphatic carbocycles. The Morgan fingerprint density at radius 1 is 1.29 bits per heavy atom. The molecular formula is C11H12F4O2. The Morgan fingerprint density at radius 3 is 2.35 bits per heavy atom. The monoisotopic (exact) mass is 252 g/mol. The van der Waals surface area contributed by atoms with Gasteiger partial charge in [0.05, 0.1) is 6.61 Å². The molecule has 0 saturated carbocycles. The van der Waals surface area contributed by atoms with Crippen LogP contribution in [0, 0.1) is 5.82 Å². The number of ether oxygens (including phenoxy) is 1. The number of alkyl halides is 3. The Morgan fingerprint density at radius 2 is 1.88 bits per heavy atom. The van der Waals surface area contributed by atoms with E-state index in [-0.39, 0.29) is 12.4 Å². The van der Waals surface area contributed by atoms with Gasteiger partial charge in [-0.2, -0.15) is 13.2 Å². The Balaban J connectivity index is 3.32. The summed E-state index contributed by atoms with van der Waals surface area (Å²) in [6.07, 6.45) is -4.91. The maximum atomic E-state index is 13.0. The molecule has 0 bridgehead atoms. The van der Waals surface area contributed by atoms with Crippen molar-refractivity contribution in [1.82, 2.24) is 0 Å². The third-order valence-electron chi connectivity index (χ3n) is 2.32. The zero-order chi connectivity index (χ0) is 13.3. The maximum absolute atomic E-state index is 13.0. The summed E-state index contributed by atoms with van der Waals surface area (Å²) in [6.45, 7) is 2.26. The molecule has 0 aromatic heterocycles. The molecule has 0 aliphatic heterocycles. The number of rotatable bonds is 3. The first-order chi connectivity index (χ1) is 7.70. The summed E-state index contributed by atoms with van der Waals surface area (Å²) in [6, 6.07) is 2.66. The zero-order valence-corrected chi connectivity index (χ0v) is 9.31. The summed E-state index contributed by atoms with van der Waals surface area (Å²) in [5.74, 6) is -1.05. The maximum Gasteiger partial charge on any atom is 0.421 e. The molecule has 1 N–H and O–H groups in total.